The van der Waals surface area contributed by atoms with Gasteiger partial charge in [0.25, 0.3) is 0 Å². The molecule has 10 rings (SSSR count). The number of benzene rings is 8. The minimum atomic E-state index is 0.914. The summed E-state index contributed by atoms with van der Waals surface area (Å²) in [6.07, 6.45) is 0. The molecule has 8 aromatic carbocycles. The highest BCUT2D eigenvalue weighted by atomic mass is 32.1. The summed E-state index contributed by atoms with van der Waals surface area (Å²) in [6, 6.07) is 63.2. The lowest BCUT2D eigenvalue weighted by molar-refractivity contribution is 0.669. The van der Waals surface area contributed by atoms with Crippen molar-refractivity contribution < 1.29 is 4.42 Å². The zero-order chi connectivity index (χ0) is 32.3. The van der Waals surface area contributed by atoms with Gasteiger partial charge in [-0.3, -0.25) is 0 Å². The first-order valence-electron chi connectivity index (χ1n) is 16.6. The molecule has 10 aromatic rings. The number of anilines is 3. The molecular weight excluding hydrogens is 615 g/mol. The summed E-state index contributed by atoms with van der Waals surface area (Å²) in [4.78, 5) is 2.41. The Labute approximate surface area is 287 Å². The number of furan rings is 1. The van der Waals surface area contributed by atoms with Crippen molar-refractivity contribution in [2.75, 3.05) is 4.90 Å². The van der Waals surface area contributed by atoms with Crippen molar-refractivity contribution in [1.82, 2.24) is 0 Å². The number of nitrogens with zero attached hydrogens (tertiary/aromatic N) is 1. The first kappa shape index (κ1) is 27.9. The molecule has 0 amide bonds. The van der Waals surface area contributed by atoms with Gasteiger partial charge in [0.1, 0.15) is 11.2 Å². The molecule has 0 N–H and O–H groups in total. The Morgan fingerprint density at radius 3 is 1.98 bits per heavy atom. The molecule has 0 saturated heterocycles. The monoisotopic (exact) mass is 643 g/mol. The third kappa shape index (κ3) is 4.55. The normalized spacial score (nSPS) is 11.7. The van der Waals surface area contributed by atoms with Crippen LogP contribution in [0.25, 0.3) is 75.1 Å². The average molecular weight is 644 g/mol. The van der Waals surface area contributed by atoms with Crippen LogP contribution in [0.4, 0.5) is 17.1 Å². The minimum absolute atomic E-state index is 0.914. The molecule has 0 aliphatic carbocycles. The van der Waals surface area contributed by atoms with E-state index in [1.165, 1.54) is 47.6 Å². The van der Waals surface area contributed by atoms with Crippen LogP contribution in [0.1, 0.15) is 0 Å². The van der Waals surface area contributed by atoms with Gasteiger partial charge in [0.2, 0.25) is 0 Å². The van der Waals surface area contributed by atoms with E-state index in [0.29, 0.717) is 0 Å². The maximum atomic E-state index is 6.31. The van der Waals surface area contributed by atoms with Crippen LogP contribution in [0.3, 0.4) is 0 Å². The Morgan fingerprint density at radius 1 is 0.388 bits per heavy atom. The van der Waals surface area contributed by atoms with Gasteiger partial charge in [-0.15, -0.1) is 11.3 Å². The highest BCUT2D eigenvalue weighted by Crippen LogP contribution is 2.46. The lowest BCUT2D eigenvalue weighted by Crippen LogP contribution is -2.10. The SMILES string of the molecule is c1ccc(-c2ccc(N(c3ccccc3)c3ccc4sc5cccc(-c6ccc7c(c6)oc6ccccc67)c5c4c3)c3ccccc23)cc1. The molecule has 2 heterocycles. The first-order chi connectivity index (χ1) is 24.3. The number of fused-ring (bicyclic) bond motifs is 7. The molecule has 0 saturated carbocycles. The minimum Gasteiger partial charge on any atom is -0.456 e. The molecule has 2 aromatic heterocycles. The Morgan fingerprint density at radius 2 is 1.12 bits per heavy atom. The highest BCUT2D eigenvalue weighted by molar-refractivity contribution is 7.26. The van der Waals surface area contributed by atoms with Crippen molar-refractivity contribution in [3.05, 3.63) is 176 Å². The van der Waals surface area contributed by atoms with Gasteiger partial charge >= 0.3 is 0 Å². The molecule has 0 fully saturated rings. The molecule has 2 nitrogen and oxygen atoms in total. The summed E-state index contributed by atoms with van der Waals surface area (Å²) in [5.41, 5.74) is 10.1. The fourth-order valence-corrected chi connectivity index (χ4v) is 8.55. The lowest BCUT2D eigenvalue weighted by Gasteiger charge is -2.27. The van der Waals surface area contributed by atoms with Gasteiger partial charge in [-0.05, 0) is 88.3 Å². The van der Waals surface area contributed by atoms with Crippen molar-refractivity contribution in [3.8, 4) is 22.3 Å². The molecule has 0 aliphatic rings. The highest BCUT2D eigenvalue weighted by Gasteiger charge is 2.20. The van der Waals surface area contributed by atoms with Crippen LogP contribution in [0, 0.1) is 0 Å². The zero-order valence-electron chi connectivity index (χ0n) is 26.5. The number of hydrogen-bond donors (Lipinski definition) is 0. The van der Waals surface area contributed by atoms with Crippen molar-refractivity contribution in [2.24, 2.45) is 0 Å². The van der Waals surface area contributed by atoms with E-state index in [-0.39, 0.29) is 0 Å². The smallest absolute Gasteiger partial charge is 0.136 e. The van der Waals surface area contributed by atoms with E-state index in [0.717, 1.165) is 44.6 Å². The van der Waals surface area contributed by atoms with Gasteiger partial charge in [0, 0.05) is 47.7 Å². The van der Waals surface area contributed by atoms with Crippen molar-refractivity contribution >= 4 is 81.3 Å². The third-order valence-electron chi connectivity index (χ3n) is 9.67. The fourth-order valence-electron chi connectivity index (χ4n) is 7.44. The summed E-state index contributed by atoms with van der Waals surface area (Å²) in [5, 5.41) is 7.27. The Hall–Kier alpha value is -6.16. The van der Waals surface area contributed by atoms with E-state index in [4.69, 9.17) is 4.42 Å². The van der Waals surface area contributed by atoms with E-state index in [1.54, 1.807) is 0 Å². The third-order valence-corrected chi connectivity index (χ3v) is 10.8. The summed E-state index contributed by atoms with van der Waals surface area (Å²) in [6.45, 7) is 0. The van der Waals surface area contributed by atoms with Gasteiger partial charge in [0.05, 0.1) is 5.69 Å². The fraction of sp³-hybridized carbons (Fsp3) is 0. The number of thiophene rings is 1. The van der Waals surface area contributed by atoms with Gasteiger partial charge in [0.15, 0.2) is 0 Å². The van der Waals surface area contributed by atoms with Crippen LogP contribution in [0.5, 0.6) is 0 Å². The predicted molar refractivity (Wildman–Crippen MR) is 210 cm³/mol. The van der Waals surface area contributed by atoms with Crippen LogP contribution in [0.2, 0.25) is 0 Å². The maximum Gasteiger partial charge on any atom is 0.136 e. The Balaban J connectivity index is 1.18. The van der Waals surface area contributed by atoms with Crippen LogP contribution in [-0.2, 0) is 0 Å². The quantitative estimate of drug-likeness (QED) is 0.186. The summed E-state index contributed by atoms with van der Waals surface area (Å²) in [7, 11) is 0. The molecule has 230 valence electrons. The molecule has 0 atom stereocenters. The van der Waals surface area contributed by atoms with Crippen LogP contribution < -0.4 is 4.90 Å². The summed E-state index contributed by atoms with van der Waals surface area (Å²) < 4.78 is 8.86. The summed E-state index contributed by atoms with van der Waals surface area (Å²) in [5.74, 6) is 0. The van der Waals surface area contributed by atoms with E-state index >= 15 is 0 Å². The van der Waals surface area contributed by atoms with Gasteiger partial charge in [-0.1, -0.05) is 115 Å². The molecule has 0 spiro atoms. The molecule has 3 heteroatoms. The average Bonchev–Trinajstić information content (AvgIpc) is 3.73. The Kier molecular flexibility index (Phi) is 6.39. The topological polar surface area (TPSA) is 16.4 Å². The summed E-state index contributed by atoms with van der Waals surface area (Å²) >= 11 is 1.85. The molecular formula is C46H29NOS. The lowest BCUT2D eigenvalue weighted by atomic mass is 9.96. The largest absolute Gasteiger partial charge is 0.456 e. The van der Waals surface area contributed by atoms with Crippen LogP contribution >= 0.6 is 11.3 Å². The van der Waals surface area contributed by atoms with E-state index < -0.39 is 0 Å². The van der Waals surface area contributed by atoms with Crippen molar-refractivity contribution in [2.45, 2.75) is 0 Å². The van der Waals surface area contributed by atoms with Crippen LogP contribution in [0.15, 0.2) is 180 Å². The number of para-hydroxylation sites is 2. The first-order valence-corrected chi connectivity index (χ1v) is 17.4. The molecule has 0 aliphatic heterocycles. The second-order valence-corrected chi connectivity index (χ2v) is 13.6. The zero-order valence-corrected chi connectivity index (χ0v) is 27.3. The van der Waals surface area contributed by atoms with Gasteiger partial charge in [-0.2, -0.15) is 0 Å². The van der Waals surface area contributed by atoms with E-state index in [9.17, 15) is 0 Å². The van der Waals surface area contributed by atoms with E-state index in [1.807, 2.05) is 23.5 Å². The van der Waals surface area contributed by atoms with Gasteiger partial charge < -0.3 is 9.32 Å². The second kappa shape index (κ2) is 11.2. The molecule has 0 radical (unpaired) electrons. The van der Waals surface area contributed by atoms with Gasteiger partial charge in [-0.25, -0.2) is 0 Å². The maximum absolute atomic E-state index is 6.31. The Bertz CT molecular complexity index is 2830. The molecule has 49 heavy (non-hydrogen) atoms. The number of hydrogen-bond acceptors (Lipinski definition) is 3. The van der Waals surface area contributed by atoms with Crippen molar-refractivity contribution in [1.29, 1.82) is 0 Å². The second-order valence-electron chi connectivity index (χ2n) is 12.5. The standard InChI is InChI=1S/C46H29NOS/c1-3-12-30(13-4-1)34-25-26-41(37-17-8-7-16-36(34)37)47(32-14-5-2-6-15-32)33-23-27-44-40(29-33)46-35(19-11-21-45(46)49-44)31-22-24-39-38-18-9-10-20-42(38)48-43(39)28-31/h1-29H. The molecule has 0 unspecified atom stereocenters. The number of rotatable bonds is 5. The molecule has 0 bridgehead atoms. The predicted octanol–water partition coefficient (Wildman–Crippen LogP) is 13.9. The van der Waals surface area contributed by atoms with E-state index in [2.05, 4.69) is 169 Å². The van der Waals surface area contributed by atoms with Crippen molar-refractivity contribution in [3.63, 3.8) is 0 Å². The van der Waals surface area contributed by atoms with Crippen LogP contribution in [-0.4, -0.2) is 0 Å².